The van der Waals surface area contributed by atoms with Gasteiger partial charge in [-0.05, 0) is 24.5 Å². The molecule has 4 heteroatoms. The van der Waals surface area contributed by atoms with Gasteiger partial charge in [0.15, 0.2) is 0 Å². The van der Waals surface area contributed by atoms with Crippen LogP contribution in [0.15, 0.2) is 24.3 Å². The van der Waals surface area contributed by atoms with Crippen LogP contribution in [0.4, 0.5) is 11.4 Å². The molecule has 1 N–H and O–H groups in total. The molecular formula is C18H28N2O2. The lowest BCUT2D eigenvalue weighted by Gasteiger charge is -2.22. The molecule has 4 nitrogen and oxygen atoms in total. The first-order valence-electron chi connectivity index (χ1n) is 7.99. The van der Waals surface area contributed by atoms with Gasteiger partial charge in [-0.3, -0.25) is 9.59 Å². The Morgan fingerprint density at radius 2 is 1.77 bits per heavy atom. The Labute approximate surface area is 133 Å². The number of hydrogen-bond acceptors (Lipinski definition) is 2. The number of carbonyl (C=O) groups is 2. The molecule has 0 bridgehead atoms. The summed E-state index contributed by atoms with van der Waals surface area (Å²) in [6.45, 7) is 8.04. The minimum Gasteiger partial charge on any atom is -0.324 e. The Kier molecular flexibility index (Phi) is 7.09. The molecular weight excluding hydrogens is 276 g/mol. The minimum absolute atomic E-state index is 0.00139. The smallest absolute Gasteiger partial charge is 0.229 e. The first-order valence-corrected chi connectivity index (χ1v) is 7.99. The SMILES string of the molecule is CC(C)CCCC(=O)Nc1ccccc1N(C)C(=O)C(C)C. The van der Waals surface area contributed by atoms with E-state index in [1.54, 1.807) is 11.9 Å². The summed E-state index contributed by atoms with van der Waals surface area (Å²) in [5.74, 6) is 0.551. The van der Waals surface area contributed by atoms with Crippen LogP contribution in [-0.2, 0) is 9.59 Å². The largest absolute Gasteiger partial charge is 0.324 e. The van der Waals surface area contributed by atoms with E-state index in [2.05, 4.69) is 19.2 Å². The standard InChI is InChI=1S/C18H28N2O2/c1-13(2)9-8-12-17(21)19-15-10-6-7-11-16(15)20(5)18(22)14(3)4/h6-7,10-11,13-14H,8-9,12H2,1-5H3,(H,19,21). The molecule has 0 spiro atoms. The predicted molar refractivity (Wildman–Crippen MR) is 92.0 cm³/mol. The number of benzene rings is 1. The van der Waals surface area contributed by atoms with Crippen LogP contribution in [0.5, 0.6) is 0 Å². The first kappa shape index (κ1) is 18.2. The summed E-state index contributed by atoms with van der Waals surface area (Å²) < 4.78 is 0. The van der Waals surface area contributed by atoms with Crippen molar-refractivity contribution in [3.8, 4) is 0 Å². The van der Waals surface area contributed by atoms with E-state index in [1.165, 1.54) is 0 Å². The molecule has 0 atom stereocenters. The number of anilines is 2. The molecule has 0 radical (unpaired) electrons. The molecule has 0 saturated heterocycles. The van der Waals surface area contributed by atoms with Crippen molar-refractivity contribution in [1.29, 1.82) is 0 Å². The van der Waals surface area contributed by atoms with Gasteiger partial charge in [-0.1, -0.05) is 46.2 Å². The second-order valence-corrected chi connectivity index (χ2v) is 6.40. The summed E-state index contributed by atoms with van der Waals surface area (Å²) in [6.07, 6.45) is 2.43. The maximum Gasteiger partial charge on any atom is 0.229 e. The molecule has 0 saturated carbocycles. The third-order valence-corrected chi connectivity index (χ3v) is 3.55. The van der Waals surface area contributed by atoms with Gasteiger partial charge in [-0.15, -0.1) is 0 Å². The van der Waals surface area contributed by atoms with E-state index in [0.29, 0.717) is 18.0 Å². The van der Waals surface area contributed by atoms with Crippen LogP contribution < -0.4 is 10.2 Å². The van der Waals surface area contributed by atoms with Gasteiger partial charge in [-0.2, -0.15) is 0 Å². The van der Waals surface area contributed by atoms with Gasteiger partial charge >= 0.3 is 0 Å². The second kappa shape index (κ2) is 8.57. The molecule has 0 heterocycles. The maximum absolute atomic E-state index is 12.1. The van der Waals surface area contributed by atoms with Crippen molar-refractivity contribution in [3.05, 3.63) is 24.3 Å². The Bertz CT molecular complexity index is 510. The van der Waals surface area contributed by atoms with Crippen LogP contribution in [0.25, 0.3) is 0 Å². The third-order valence-electron chi connectivity index (χ3n) is 3.55. The van der Waals surface area contributed by atoms with Crippen molar-refractivity contribution in [2.75, 3.05) is 17.3 Å². The highest BCUT2D eigenvalue weighted by atomic mass is 16.2. The van der Waals surface area contributed by atoms with E-state index in [4.69, 9.17) is 0 Å². The van der Waals surface area contributed by atoms with Gasteiger partial charge in [-0.25, -0.2) is 0 Å². The number of rotatable bonds is 7. The molecule has 0 fully saturated rings. The predicted octanol–water partition coefficient (Wildman–Crippen LogP) is 4.07. The number of nitrogens with zero attached hydrogens (tertiary/aromatic N) is 1. The summed E-state index contributed by atoms with van der Waals surface area (Å²) in [7, 11) is 1.74. The highest BCUT2D eigenvalue weighted by Crippen LogP contribution is 2.26. The number of nitrogens with one attached hydrogen (secondary N) is 1. The molecule has 0 aliphatic carbocycles. The zero-order chi connectivity index (χ0) is 16.7. The molecule has 0 aliphatic heterocycles. The number of para-hydroxylation sites is 2. The minimum atomic E-state index is -0.0835. The zero-order valence-electron chi connectivity index (χ0n) is 14.3. The molecule has 0 unspecified atom stereocenters. The van der Waals surface area contributed by atoms with E-state index in [-0.39, 0.29) is 17.7 Å². The highest BCUT2D eigenvalue weighted by molar-refractivity contribution is 6.01. The lowest BCUT2D eigenvalue weighted by atomic mass is 10.1. The number of hydrogen-bond donors (Lipinski definition) is 1. The van der Waals surface area contributed by atoms with E-state index < -0.39 is 0 Å². The molecule has 2 amide bonds. The highest BCUT2D eigenvalue weighted by Gasteiger charge is 2.18. The van der Waals surface area contributed by atoms with Gasteiger partial charge in [0.25, 0.3) is 0 Å². The summed E-state index contributed by atoms with van der Waals surface area (Å²) >= 11 is 0. The number of carbonyl (C=O) groups excluding carboxylic acids is 2. The van der Waals surface area contributed by atoms with Crippen LogP contribution in [-0.4, -0.2) is 18.9 Å². The van der Waals surface area contributed by atoms with Gasteiger partial charge in [0.1, 0.15) is 0 Å². The lowest BCUT2D eigenvalue weighted by molar-refractivity contribution is -0.121. The molecule has 1 aromatic rings. The molecule has 0 aliphatic rings. The van der Waals surface area contributed by atoms with E-state index in [9.17, 15) is 9.59 Å². The van der Waals surface area contributed by atoms with E-state index in [0.717, 1.165) is 18.5 Å². The van der Waals surface area contributed by atoms with Gasteiger partial charge in [0, 0.05) is 19.4 Å². The van der Waals surface area contributed by atoms with E-state index in [1.807, 2.05) is 38.1 Å². The van der Waals surface area contributed by atoms with Gasteiger partial charge in [0.05, 0.1) is 11.4 Å². The fourth-order valence-corrected chi connectivity index (χ4v) is 2.26. The zero-order valence-corrected chi connectivity index (χ0v) is 14.3. The monoisotopic (exact) mass is 304 g/mol. The topological polar surface area (TPSA) is 49.4 Å². The third kappa shape index (κ3) is 5.51. The molecule has 122 valence electrons. The second-order valence-electron chi connectivity index (χ2n) is 6.40. The Balaban J connectivity index is 2.75. The summed E-state index contributed by atoms with van der Waals surface area (Å²) in [4.78, 5) is 25.8. The fraction of sp³-hybridized carbons (Fsp3) is 0.556. The average Bonchev–Trinajstić information content (AvgIpc) is 2.45. The van der Waals surface area contributed by atoms with Crippen molar-refractivity contribution < 1.29 is 9.59 Å². The van der Waals surface area contributed by atoms with Crippen molar-refractivity contribution in [1.82, 2.24) is 0 Å². The van der Waals surface area contributed by atoms with Crippen LogP contribution in [0, 0.1) is 11.8 Å². The van der Waals surface area contributed by atoms with Crippen LogP contribution in [0.3, 0.4) is 0 Å². The summed E-state index contributed by atoms with van der Waals surface area (Å²) in [5, 5.41) is 2.93. The van der Waals surface area contributed by atoms with Gasteiger partial charge < -0.3 is 10.2 Å². The van der Waals surface area contributed by atoms with Crippen molar-refractivity contribution in [2.24, 2.45) is 11.8 Å². The summed E-state index contributed by atoms with van der Waals surface area (Å²) in [6, 6.07) is 7.42. The molecule has 1 aromatic carbocycles. The van der Waals surface area contributed by atoms with Crippen LogP contribution in [0.2, 0.25) is 0 Å². The molecule has 0 aromatic heterocycles. The Morgan fingerprint density at radius 1 is 1.14 bits per heavy atom. The lowest BCUT2D eigenvalue weighted by Crippen LogP contribution is -2.31. The Morgan fingerprint density at radius 3 is 2.36 bits per heavy atom. The van der Waals surface area contributed by atoms with Crippen LogP contribution >= 0.6 is 0 Å². The van der Waals surface area contributed by atoms with Crippen molar-refractivity contribution in [2.45, 2.75) is 47.0 Å². The molecule has 1 rings (SSSR count). The van der Waals surface area contributed by atoms with Crippen LogP contribution in [0.1, 0.15) is 47.0 Å². The fourth-order valence-electron chi connectivity index (χ4n) is 2.26. The number of amides is 2. The first-order chi connectivity index (χ1) is 10.3. The normalized spacial score (nSPS) is 10.9. The van der Waals surface area contributed by atoms with Crippen molar-refractivity contribution in [3.63, 3.8) is 0 Å². The van der Waals surface area contributed by atoms with E-state index >= 15 is 0 Å². The van der Waals surface area contributed by atoms with Gasteiger partial charge in [0.2, 0.25) is 11.8 Å². The van der Waals surface area contributed by atoms with Crippen molar-refractivity contribution >= 4 is 23.2 Å². The average molecular weight is 304 g/mol. The Hall–Kier alpha value is -1.84. The molecule has 22 heavy (non-hydrogen) atoms. The maximum atomic E-state index is 12.1. The quantitative estimate of drug-likeness (QED) is 0.825. The summed E-state index contributed by atoms with van der Waals surface area (Å²) in [5.41, 5.74) is 1.42.